The zero-order chi connectivity index (χ0) is 13.0. The van der Waals surface area contributed by atoms with Crippen LogP contribution < -0.4 is 5.32 Å². The number of nitrogens with zero attached hydrogens (tertiary/aromatic N) is 2. The summed E-state index contributed by atoms with van der Waals surface area (Å²) >= 11 is 0. The number of phenolic OH excluding ortho intramolecular Hbond substituents is 1. The van der Waals surface area contributed by atoms with Crippen LogP contribution in [0.2, 0.25) is 0 Å². The molecule has 0 radical (unpaired) electrons. The first-order chi connectivity index (χ1) is 8.66. The highest BCUT2D eigenvalue weighted by atomic mass is 19.1. The Morgan fingerprint density at radius 2 is 2.22 bits per heavy atom. The van der Waals surface area contributed by atoms with Gasteiger partial charge in [-0.3, -0.25) is 0 Å². The van der Waals surface area contributed by atoms with Crippen LogP contribution in [0.15, 0.2) is 36.5 Å². The van der Waals surface area contributed by atoms with E-state index in [9.17, 15) is 9.50 Å². The van der Waals surface area contributed by atoms with Gasteiger partial charge in [0, 0.05) is 24.3 Å². The Morgan fingerprint density at radius 1 is 1.39 bits per heavy atom. The van der Waals surface area contributed by atoms with Crippen molar-refractivity contribution >= 4 is 0 Å². The van der Waals surface area contributed by atoms with Gasteiger partial charge in [0.15, 0.2) is 0 Å². The molecule has 2 rings (SSSR count). The smallest absolute Gasteiger partial charge is 0.123 e. The number of aromatic nitrogens is 2. The van der Waals surface area contributed by atoms with Gasteiger partial charge < -0.3 is 10.4 Å². The van der Waals surface area contributed by atoms with Gasteiger partial charge in [0.2, 0.25) is 0 Å². The summed E-state index contributed by atoms with van der Waals surface area (Å²) in [7, 11) is 0. The molecule has 0 spiro atoms. The summed E-state index contributed by atoms with van der Waals surface area (Å²) in [6, 6.07) is 7.37. The van der Waals surface area contributed by atoms with Crippen molar-refractivity contribution in [3.63, 3.8) is 0 Å². The van der Waals surface area contributed by atoms with Crippen LogP contribution in [0.5, 0.6) is 5.75 Å². The third-order valence-corrected chi connectivity index (χ3v) is 2.67. The highest BCUT2D eigenvalue weighted by Gasteiger charge is 2.11. The van der Waals surface area contributed by atoms with E-state index in [1.165, 1.54) is 18.2 Å². The quantitative estimate of drug-likeness (QED) is 0.869. The molecule has 0 saturated heterocycles. The zero-order valence-corrected chi connectivity index (χ0v) is 9.97. The molecular weight excluding hydrogens is 233 g/mol. The fourth-order valence-electron chi connectivity index (χ4n) is 1.67. The minimum atomic E-state index is -0.365. The van der Waals surface area contributed by atoms with Crippen molar-refractivity contribution in [1.29, 1.82) is 0 Å². The van der Waals surface area contributed by atoms with E-state index in [0.717, 1.165) is 5.69 Å². The Bertz CT molecular complexity index is 519. The monoisotopic (exact) mass is 247 g/mol. The molecule has 18 heavy (non-hydrogen) atoms. The fraction of sp³-hybridized carbons (Fsp3) is 0.231. The second-order valence-electron chi connectivity index (χ2n) is 4.02. The highest BCUT2D eigenvalue weighted by molar-refractivity contribution is 5.34. The number of hydrogen-bond donors (Lipinski definition) is 2. The lowest BCUT2D eigenvalue weighted by atomic mass is 10.1. The first-order valence-corrected chi connectivity index (χ1v) is 5.65. The maximum absolute atomic E-state index is 13.1. The molecular formula is C13H14FN3O. The molecule has 0 aliphatic heterocycles. The van der Waals surface area contributed by atoms with Crippen LogP contribution in [0.3, 0.4) is 0 Å². The van der Waals surface area contributed by atoms with Crippen LogP contribution in [0, 0.1) is 5.82 Å². The van der Waals surface area contributed by atoms with Gasteiger partial charge in [0.1, 0.15) is 11.6 Å². The Balaban J connectivity index is 2.03. The van der Waals surface area contributed by atoms with Crippen molar-refractivity contribution in [2.75, 3.05) is 0 Å². The summed E-state index contributed by atoms with van der Waals surface area (Å²) in [6.45, 7) is 2.36. The second kappa shape index (κ2) is 5.55. The van der Waals surface area contributed by atoms with Crippen LogP contribution >= 0.6 is 0 Å². The summed E-state index contributed by atoms with van der Waals surface area (Å²) in [5, 5.41) is 20.5. The van der Waals surface area contributed by atoms with Crippen LogP contribution in [0.4, 0.5) is 4.39 Å². The van der Waals surface area contributed by atoms with Gasteiger partial charge in [-0.1, -0.05) is 0 Å². The van der Waals surface area contributed by atoms with E-state index in [1.807, 2.05) is 13.0 Å². The van der Waals surface area contributed by atoms with E-state index in [2.05, 4.69) is 15.5 Å². The van der Waals surface area contributed by atoms with Crippen molar-refractivity contribution in [3.05, 3.63) is 53.6 Å². The molecule has 1 aromatic heterocycles. The van der Waals surface area contributed by atoms with E-state index in [1.54, 1.807) is 12.3 Å². The second-order valence-corrected chi connectivity index (χ2v) is 4.02. The lowest BCUT2D eigenvalue weighted by Crippen LogP contribution is -2.19. The average molecular weight is 247 g/mol. The van der Waals surface area contributed by atoms with Gasteiger partial charge in [-0.05, 0) is 37.3 Å². The van der Waals surface area contributed by atoms with Gasteiger partial charge in [0.25, 0.3) is 0 Å². The largest absolute Gasteiger partial charge is 0.508 e. The van der Waals surface area contributed by atoms with Gasteiger partial charge in [0.05, 0.1) is 5.69 Å². The lowest BCUT2D eigenvalue weighted by molar-refractivity contribution is 0.448. The normalized spacial score (nSPS) is 12.3. The molecule has 1 heterocycles. The number of benzene rings is 1. The molecule has 1 aromatic carbocycles. The number of rotatable bonds is 4. The van der Waals surface area contributed by atoms with Crippen LogP contribution in [-0.4, -0.2) is 15.3 Å². The van der Waals surface area contributed by atoms with Crippen molar-refractivity contribution in [2.24, 2.45) is 0 Å². The van der Waals surface area contributed by atoms with E-state index in [0.29, 0.717) is 12.1 Å². The highest BCUT2D eigenvalue weighted by Crippen LogP contribution is 2.24. The number of phenols is 1. The van der Waals surface area contributed by atoms with Crippen LogP contribution in [-0.2, 0) is 6.54 Å². The summed E-state index contributed by atoms with van der Waals surface area (Å²) in [5.74, 6) is -0.286. The van der Waals surface area contributed by atoms with E-state index >= 15 is 0 Å². The summed E-state index contributed by atoms with van der Waals surface area (Å²) in [5.41, 5.74) is 1.32. The standard InChI is InChI=1S/C13H14FN3O/c1-9(12-7-10(14)4-5-13(12)18)15-8-11-3-2-6-16-17-11/h2-7,9,15,18H,8H2,1H3. The Hall–Kier alpha value is -2.01. The minimum Gasteiger partial charge on any atom is -0.508 e. The van der Waals surface area contributed by atoms with E-state index in [4.69, 9.17) is 0 Å². The third-order valence-electron chi connectivity index (χ3n) is 2.67. The molecule has 2 N–H and O–H groups in total. The molecule has 0 saturated carbocycles. The van der Waals surface area contributed by atoms with E-state index < -0.39 is 0 Å². The SMILES string of the molecule is CC(NCc1cccnn1)c1cc(F)ccc1O. The fourth-order valence-corrected chi connectivity index (χ4v) is 1.67. The molecule has 5 heteroatoms. The average Bonchev–Trinajstić information content (AvgIpc) is 2.40. The van der Waals surface area contributed by atoms with Crippen molar-refractivity contribution in [1.82, 2.24) is 15.5 Å². The number of hydrogen-bond acceptors (Lipinski definition) is 4. The summed E-state index contributed by atoms with van der Waals surface area (Å²) in [4.78, 5) is 0. The Morgan fingerprint density at radius 3 is 2.94 bits per heavy atom. The summed E-state index contributed by atoms with van der Waals surface area (Å²) in [6.07, 6.45) is 1.60. The van der Waals surface area contributed by atoms with Crippen molar-refractivity contribution in [2.45, 2.75) is 19.5 Å². The van der Waals surface area contributed by atoms with E-state index in [-0.39, 0.29) is 17.6 Å². The number of nitrogens with one attached hydrogen (secondary N) is 1. The molecule has 94 valence electrons. The van der Waals surface area contributed by atoms with Gasteiger partial charge in [-0.25, -0.2) is 4.39 Å². The number of aromatic hydroxyl groups is 1. The molecule has 1 unspecified atom stereocenters. The molecule has 1 atom stereocenters. The molecule has 0 bridgehead atoms. The Kier molecular flexibility index (Phi) is 3.84. The van der Waals surface area contributed by atoms with Crippen molar-refractivity contribution in [3.8, 4) is 5.75 Å². The minimum absolute atomic E-state index is 0.0792. The summed E-state index contributed by atoms with van der Waals surface area (Å²) < 4.78 is 13.1. The Labute approximate surface area is 105 Å². The maximum atomic E-state index is 13.1. The van der Waals surface area contributed by atoms with Crippen LogP contribution in [0.25, 0.3) is 0 Å². The predicted octanol–water partition coefficient (Wildman–Crippen LogP) is 2.17. The molecule has 2 aromatic rings. The molecule has 0 aliphatic rings. The third kappa shape index (κ3) is 3.01. The van der Waals surface area contributed by atoms with Crippen molar-refractivity contribution < 1.29 is 9.50 Å². The van der Waals surface area contributed by atoms with Gasteiger partial charge in [-0.15, -0.1) is 0 Å². The molecule has 0 amide bonds. The maximum Gasteiger partial charge on any atom is 0.123 e. The number of halogens is 1. The molecule has 0 aliphatic carbocycles. The first-order valence-electron chi connectivity index (χ1n) is 5.65. The van der Waals surface area contributed by atoms with Gasteiger partial charge in [-0.2, -0.15) is 10.2 Å². The molecule has 0 fully saturated rings. The zero-order valence-electron chi connectivity index (χ0n) is 9.97. The predicted molar refractivity (Wildman–Crippen MR) is 65.4 cm³/mol. The lowest BCUT2D eigenvalue weighted by Gasteiger charge is -2.15. The first kappa shape index (κ1) is 12.4. The molecule has 4 nitrogen and oxygen atoms in total. The van der Waals surface area contributed by atoms with Crippen LogP contribution in [0.1, 0.15) is 24.2 Å². The topological polar surface area (TPSA) is 58.0 Å². The van der Waals surface area contributed by atoms with Gasteiger partial charge >= 0.3 is 0 Å².